The second kappa shape index (κ2) is 9.89. The van der Waals surface area contributed by atoms with Crippen molar-refractivity contribution >= 4 is 46.0 Å². The molecule has 0 saturated carbocycles. The highest BCUT2D eigenvalue weighted by Crippen LogP contribution is 2.31. The van der Waals surface area contributed by atoms with Gasteiger partial charge in [0.25, 0.3) is 5.91 Å². The van der Waals surface area contributed by atoms with Crippen molar-refractivity contribution in [1.29, 1.82) is 0 Å². The van der Waals surface area contributed by atoms with Crippen molar-refractivity contribution in [2.45, 2.75) is 43.7 Å². The molecule has 0 saturated heterocycles. The van der Waals surface area contributed by atoms with E-state index in [2.05, 4.69) is 36.4 Å². The molecule has 0 aliphatic heterocycles. The number of amides is 3. The van der Waals surface area contributed by atoms with E-state index in [4.69, 9.17) is 5.73 Å². The summed E-state index contributed by atoms with van der Waals surface area (Å²) in [5.41, 5.74) is 7.63. The molecule has 0 unspecified atom stereocenters. The van der Waals surface area contributed by atoms with Gasteiger partial charge in [0.2, 0.25) is 11.8 Å². The zero-order chi connectivity index (χ0) is 21.6. The Hall–Kier alpha value is -2.39. The van der Waals surface area contributed by atoms with Crippen LogP contribution in [0, 0.1) is 6.92 Å². The molecule has 1 heterocycles. The molecule has 0 bridgehead atoms. The van der Waals surface area contributed by atoms with Crippen LogP contribution in [-0.4, -0.2) is 35.0 Å². The van der Waals surface area contributed by atoms with Crippen LogP contribution in [0.25, 0.3) is 0 Å². The number of primary amides is 1. The molecule has 0 aliphatic carbocycles. The normalized spacial score (nSPS) is 11.2. The highest BCUT2D eigenvalue weighted by molar-refractivity contribution is 8.01. The van der Waals surface area contributed by atoms with E-state index >= 15 is 0 Å². The number of carbonyl (C=O) groups excluding carboxylic acids is 3. The molecule has 4 N–H and O–H groups in total. The first kappa shape index (κ1) is 22.9. The van der Waals surface area contributed by atoms with Gasteiger partial charge in [0, 0.05) is 18.5 Å². The van der Waals surface area contributed by atoms with Gasteiger partial charge in [0.05, 0.1) is 15.7 Å². The molecule has 0 aliphatic rings. The number of aryl methyl sites for hydroxylation is 1. The first-order valence-electron chi connectivity index (χ1n) is 9.13. The van der Waals surface area contributed by atoms with E-state index in [1.165, 1.54) is 23.1 Å². The number of hydrogen-bond acceptors (Lipinski definition) is 6. The number of nitrogens with two attached hydrogens (primary N) is 1. The van der Waals surface area contributed by atoms with Gasteiger partial charge in [0.1, 0.15) is 0 Å². The molecule has 29 heavy (non-hydrogen) atoms. The minimum atomic E-state index is -0.405. The van der Waals surface area contributed by atoms with Crippen LogP contribution in [0.5, 0.6) is 0 Å². The maximum Gasteiger partial charge on any atom is 0.251 e. The molecule has 1 aromatic heterocycles. The number of thiazole rings is 1. The predicted octanol–water partition coefficient (Wildman–Crippen LogP) is 3.09. The van der Waals surface area contributed by atoms with Gasteiger partial charge in [0.15, 0.2) is 5.13 Å². The number of aromatic nitrogens is 1. The summed E-state index contributed by atoms with van der Waals surface area (Å²) in [6, 6.07) is 7.47. The molecule has 1 aromatic carbocycles. The van der Waals surface area contributed by atoms with Crippen molar-refractivity contribution in [3.05, 3.63) is 41.1 Å². The number of anilines is 1. The topological polar surface area (TPSA) is 114 Å². The average Bonchev–Trinajstić information content (AvgIpc) is 2.98. The molecular formula is C20H26N4O3S2. The van der Waals surface area contributed by atoms with E-state index in [9.17, 15) is 14.4 Å². The summed E-state index contributed by atoms with van der Waals surface area (Å²) < 4.78 is 0.839. The summed E-state index contributed by atoms with van der Waals surface area (Å²) in [5, 5.41) is 5.93. The Morgan fingerprint density at radius 1 is 1.17 bits per heavy atom. The van der Waals surface area contributed by atoms with Gasteiger partial charge in [-0.2, -0.15) is 0 Å². The predicted molar refractivity (Wildman–Crippen MR) is 117 cm³/mol. The van der Waals surface area contributed by atoms with Crippen LogP contribution >= 0.6 is 23.1 Å². The third-order valence-electron chi connectivity index (χ3n) is 4.00. The molecule has 2 aromatic rings. The minimum absolute atomic E-state index is 0.0273. The third kappa shape index (κ3) is 7.17. The summed E-state index contributed by atoms with van der Waals surface area (Å²) in [6.45, 7) is 8.37. The van der Waals surface area contributed by atoms with Crippen molar-refractivity contribution < 1.29 is 14.4 Å². The van der Waals surface area contributed by atoms with E-state index in [1.54, 1.807) is 19.1 Å². The zero-order valence-electron chi connectivity index (χ0n) is 17.0. The molecule has 0 fully saturated rings. The van der Waals surface area contributed by atoms with Gasteiger partial charge >= 0.3 is 0 Å². The van der Waals surface area contributed by atoms with Crippen molar-refractivity contribution in [1.82, 2.24) is 10.3 Å². The standard InChI is InChI=1S/C20H26N4O3S2/c1-12-18(28-11-15(21)25)29-19(23-12)24-16(26)9-10-22-17(27)13-5-7-14(8-6-13)20(2,3)4/h5-8H,9-11H2,1-4H3,(H2,21,25)(H,22,27)(H,23,24,26). The maximum atomic E-state index is 12.2. The van der Waals surface area contributed by atoms with Crippen LogP contribution in [0.2, 0.25) is 0 Å². The third-order valence-corrected chi connectivity index (χ3v) is 6.45. The second-order valence-corrected chi connectivity index (χ2v) is 9.77. The van der Waals surface area contributed by atoms with E-state index in [0.717, 1.165) is 15.5 Å². The Morgan fingerprint density at radius 2 is 1.83 bits per heavy atom. The fourth-order valence-electron chi connectivity index (χ4n) is 2.40. The number of nitrogens with zero attached hydrogens (tertiary/aromatic N) is 1. The van der Waals surface area contributed by atoms with E-state index in [-0.39, 0.29) is 35.9 Å². The lowest BCUT2D eigenvalue weighted by atomic mass is 9.87. The van der Waals surface area contributed by atoms with Crippen LogP contribution in [0.15, 0.2) is 28.5 Å². The van der Waals surface area contributed by atoms with Crippen LogP contribution in [0.3, 0.4) is 0 Å². The van der Waals surface area contributed by atoms with Gasteiger partial charge in [-0.15, -0.1) is 11.8 Å². The fraction of sp³-hybridized carbons (Fsp3) is 0.400. The first-order valence-corrected chi connectivity index (χ1v) is 10.9. The van der Waals surface area contributed by atoms with Crippen LogP contribution < -0.4 is 16.4 Å². The number of thioether (sulfide) groups is 1. The van der Waals surface area contributed by atoms with Crippen molar-refractivity contribution in [2.24, 2.45) is 5.73 Å². The molecule has 0 radical (unpaired) electrons. The summed E-state index contributed by atoms with van der Waals surface area (Å²) in [6.07, 6.45) is 0.133. The first-order chi connectivity index (χ1) is 13.6. The Bertz CT molecular complexity index is 886. The largest absolute Gasteiger partial charge is 0.369 e. The van der Waals surface area contributed by atoms with Gasteiger partial charge < -0.3 is 16.4 Å². The Labute approximate surface area is 178 Å². The Balaban J connectivity index is 1.80. The molecule has 2 rings (SSSR count). The number of hydrogen-bond donors (Lipinski definition) is 3. The van der Waals surface area contributed by atoms with E-state index in [1.807, 2.05) is 12.1 Å². The molecule has 3 amide bonds. The maximum absolute atomic E-state index is 12.2. The lowest BCUT2D eigenvalue weighted by Gasteiger charge is -2.19. The monoisotopic (exact) mass is 434 g/mol. The highest BCUT2D eigenvalue weighted by atomic mass is 32.2. The van der Waals surface area contributed by atoms with E-state index in [0.29, 0.717) is 10.7 Å². The van der Waals surface area contributed by atoms with Gasteiger partial charge in [-0.25, -0.2) is 4.98 Å². The quantitative estimate of drug-likeness (QED) is 0.553. The number of benzene rings is 1. The summed E-state index contributed by atoms with van der Waals surface area (Å²) in [4.78, 5) is 39.5. The average molecular weight is 435 g/mol. The summed E-state index contributed by atoms with van der Waals surface area (Å²) in [7, 11) is 0. The lowest BCUT2D eigenvalue weighted by Crippen LogP contribution is -2.27. The molecule has 156 valence electrons. The van der Waals surface area contributed by atoms with Gasteiger partial charge in [-0.05, 0) is 30.0 Å². The summed E-state index contributed by atoms with van der Waals surface area (Å²) >= 11 is 2.59. The van der Waals surface area contributed by atoms with E-state index < -0.39 is 5.91 Å². The number of nitrogens with one attached hydrogen (secondary N) is 2. The highest BCUT2D eigenvalue weighted by Gasteiger charge is 2.15. The zero-order valence-corrected chi connectivity index (χ0v) is 18.6. The van der Waals surface area contributed by atoms with Crippen LogP contribution in [0.1, 0.15) is 48.8 Å². The number of carbonyl (C=O) groups is 3. The smallest absolute Gasteiger partial charge is 0.251 e. The SMILES string of the molecule is Cc1nc(NC(=O)CCNC(=O)c2ccc(C(C)(C)C)cc2)sc1SCC(N)=O. The minimum Gasteiger partial charge on any atom is -0.369 e. The lowest BCUT2D eigenvalue weighted by molar-refractivity contribution is -0.116. The molecule has 9 heteroatoms. The van der Waals surface area contributed by atoms with Crippen molar-refractivity contribution in [2.75, 3.05) is 17.6 Å². The second-order valence-electron chi connectivity index (χ2n) is 7.53. The molecular weight excluding hydrogens is 408 g/mol. The molecule has 7 nitrogen and oxygen atoms in total. The van der Waals surface area contributed by atoms with Crippen molar-refractivity contribution in [3.8, 4) is 0 Å². The van der Waals surface area contributed by atoms with Crippen LogP contribution in [-0.2, 0) is 15.0 Å². The Morgan fingerprint density at radius 3 is 2.41 bits per heavy atom. The number of rotatable bonds is 8. The van der Waals surface area contributed by atoms with Gasteiger partial charge in [-0.3, -0.25) is 14.4 Å². The van der Waals surface area contributed by atoms with Gasteiger partial charge in [-0.1, -0.05) is 44.2 Å². The van der Waals surface area contributed by atoms with Crippen molar-refractivity contribution in [3.63, 3.8) is 0 Å². The Kier molecular flexibility index (Phi) is 7.80. The molecule has 0 atom stereocenters. The molecule has 0 spiro atoms. The summed E-state index contributed by atoms with van der Waals surface area (Å²) in [5.74, 6) is -0.696. The fourth-order valence-corrected chi connectivity index (χ4v) is 4.30. The van der Waals surface area contributed by atoms with Crippen LogP contribution in [0.4, 0.5) is 5.13 Å².